The molecule has 0 bridgehead atoms. The zero-order valence-electron chi connectivity index (χ0n) is 10.6. The molecule has 5 nitrogen and oxygen atoms in total. The number of nitrogens with one attached hydrogen (secondary N) is 1. The fraction of sp³-hybridized carbons (Fsp3) is 0.462. The molecule has 1 fully saturated rings. The van der Waals surface area contributed by atoms with Crippen LogP contribution in [-0.4, -0.2) is 37.2 Å². The number of aliphatic hydroxyl groups is 1. The maximum atomic E-state index is 11.4. The summed E-state index contributed by atoms with van der Waals surface area (Å²) in [6.45, 7) is 1.90. The van der Waals surface area contributed by atoms with Gasteiger partial charge in [-0.1, -0.05) is 12.1 Å². The summed E-state index contributed by atoms with van der Waals surface area (Å²) in [6, 6.07) is 8.61. The smallest absolute Gasteiger partial charge is 0.154 e. The Balaban J connectivity index is 2.05. The van der Waals surface area contributed by atoms with E-state index in [1.165, 1.54) is 0 Å². The lowest BCUT2D eigenvalue weighted by Gasteiger charge is -2.21. The molecule has 6 heteroatoms. The monoisotopic (exact) mass is 280 g/mol. The Labute approximate surface area is 112 Å². The van der Waals surface area contributed by atoms with Crippen LogP contribution in [0.25, 0.3) is 0 Å². The van der Waals surface area contributed by atoms with E-state index in [2.05, 4.69) is 5.32 Å². The van der Waals surface area contributed by atoms with E-state index in [-0.39, 0.29) is 17.5 Å². The van der Waals surface area contributed by atoms with E-state index >= 15 is 0 Å². The summed E-state index contributed by atoms with van der Waals surface area (Å²) in [5.74, 6) is -0.209. The lowest BCUT2D eigenvalue weighted by atomic mass is 10.0. The number of nitrogens with zero attached hydrogens (tertiary/aromatic N) is 1. The van der Waals surface area contributed by atoms with Crippen LogP contribution in [0.5, 0.6) is 0 Å². The number of hydrogen-bond acceptors (Lipinski definition) is 5. The Morgan fingerprint density at radius 1 is 1.37 bits per heavy atom. The van der Waals surface area contributed by atoms with E-state index in [4.69, 9.17) is 5.26 Å². The Bertz CT molecular complexity index is 589. The molecule has 102 valence electrons. The largest absolute Gasteiger partial charge is 0.390 e. The van der Waals surface area contributed by atoms with Gasteiger partial charge in [-0.15, -0.1) is 0 Å². The van der Waals surface area contributed by atoms with Crippen LogP contribution in [0.4, 0.5) is 0 Å². The van der Waals surface area contributed by atoms with Crippen molar-refractivity contribution in [1.29, 1.82) is 5.26 Å². The number of benzene rings is 1. The number of nitriles is 1. The molecule has 2 N–H and O–H groups in total. The molecule has 0 aromatic heterocycles. The number of rotatable bonds is 3. The number of sulfone groups is 1. The minimum atomic E-state index is -3.14. The second kappa shape index (κ2) is 5.29. The highest BCUT2D eigenvalue weighted by Gasteiger charge is 2.36. The van der Waals surface area contributed by atoms with Crippen LogP contribution in [0.2, 0.25) is 0 Å². The van der Waals surface area contributed by atoms with Gasteiger partial charge in [0.05, 0.1) is 29.2 Å². The van der Waals surface area contributed by atoms with Gasteiger partial charge in [-0.05, 0) is 24.6 Å². The van der Waals surface area contributed by atoms with Crippen molar-refractivity contribution in [3.05, 3.63) is 35.4 Å². The van der Waals surface area contributed by atoms with Crippen LogP contribution in [0, 0.1) is 11.3 Å². The van der Waals surface area contributed by atoms with Gasteiger partial charge < -0.3 is 10.4 Å². The third-order valence-electron chi connectivity index (χ3n) is 3.33. The second-order valence-electron chi connectivity index (χ2n) is 4.87. The fourth-order valence-corrected chi connectivity index (χ4v) is 4.01. The summed E-state index contributed by atoms with van der Waals surface area (Å²) >= 11 is 0. The fourth-order valence-electron chi connectivity index (χ4n) is 2.25. The lowest BCUT2D eigenvalue weighted by Crippen LogP contribution is -2.40. The molecule has 0 aliphatic carbocycles. The normalized spacial score (nSPS) is 26.8. The Hall–Kier alpha value is -1.42. The van der Waals surface area contributed by atoms with Crippen molar-refractivity contribution in [3.63, 3.8) is 0 Å². The quantitative estimate of drug-likeness (QED) is 0.834. The average molecular weight is 280 g/mol. The summed E-state index contributed by atoms with van der Waals surface area (Å²) in [6.07, 6.45) is -0.856. The van der Waals surface area contributed by atoms with Crippen molar-refractivity contribution < 1.29 is 13.5 Å². The molecule has 0 spiro atoms. The molecule has 0 radical (unpaired) electrons. The molecule has 2 rings (SSSR count). The second-order valence-corrected chi connectivity index (χ2v) is 7.03. The summed E-state index contributed by atoms with van der Waals surface area (Å²) < 4.78 is 22.8. The topological polar surface area (TPSA) is 90.2 Å². The van der Waals surface area contributed by atoms with Gasteiger partial charge >= 0.3 is 0 Å². The van der Waals surface area contributed by atoms with Crippen LogP contribution < -0.4 is 5.32 Å². The third-order valence-corrected chi connectivity index (χ3v) is 5.04. The molecule has 19 heavy (non-hydrogen) atoms. The predicted molar refractivity (Wildman–Crippen MR) is 71.2 cm³/mol. The minimum Gasteiger partial charge on any atom is -0.390 e. The zero-order valence-corrected chi connectivity index (χ0v) is 11.4. The highest BCUT2D eigenvalue weighted by molar-refractivity contribution is 7.91. The maximum absolute atomic E-state index is 11.4. The van der Waals surface area contributed by atoms with Crippen molar-refractivity contribution in [2.75, 3.05) is 11.5 Å². The van der Waals surface area contributed by atoms with Gasteiger partial charge in [0.15, 0.2) is 9.84 Å². The van der Waals surface area contributed by atoms with E-state index in [0.717, 1.165) is 5.56 Å². The molecule has 1 saturated heterocycles. The standard InChI is InChI=1S/C13H16N2O3S/c1-9(11-4-2-10(6-14)3-5-11)15-12-7-19(17,18)8-13(12)16/h2-5,9,12-13,15-16H,7-8H2,1H3. The number of hydrogen-bond donors (Lipinski definition) is 2. The van der Waals surface area contributed by atoms with Gasteiger partial charge in [-0.3, -0.25) is 0 Å². The van der Waals surface area contributed by atoms with Gasteiger partial charge in [0.1, 0.15) is 0 Å². The number of aliphatic hydroxyl groups excluding tert-OH is 1. The van der Waals surface area contributed by atoms with E-state index in [1.807, 2.05) is 25.1 Å². The summed E-state index contributed by atoms with van der Waals surface area (Å²) in [7, 11) is -3.14. The van der Waals surface area contributed by atoms with Gasteiger partial charge in [-0.2, -0.15) is 5.26 Å². The highest BCUT2D eigenvalue weighted by Crippen LogP contribution is 2.19. The van der Waals surface area contributed by atoms with Crippen LogP contribution in [0.15, 0.2) is 24.3 Å². The first-order valence-electron chi connectivity index (χ1n) is 6.06. The molecular formula is C13H16N2O3S. The Morgan fingerprint density at radius 3 is 2.47 bits per heavy atom. The van der Waals surface area contributed by atoms with E-state index in [0.29, 0.717) is 5.56 Å². The minimum absolute atomic E-state index is 0.0330. The van der Waals surface area contributed by atoms with E-state index in [9.17, 15) is 13.5 Å². The maximum Gasteiger partial charge on any atom is 0.154 e. The first-order valence-corrected chi connectivity index (χ1v) is 7.88. The molecule has 0 amide bonds. The summed E-state index contributed by atoms with van der Waals surface area (Å²) in [5, 5.41) is 21.6. The third kappa shape index (κ3) is 3.32. The molecule has 1 aliphatic rings. The van der Waals surface area contributed by atoms with Crippen molar-refractivity contribution in [2.24, 2.45) is 0 Å². The van der Waals surface area contributed by atoms with Crippen LogP contribution in [0.3, 0.4) is 0 Å². The van der Waals surface area contributed by atoms with Crippen molar-refractivity contribution in [3.8, 4) is 6.07 Å². The van der Waals surface area contributed by atoms with Crippen LogP contribution in [0.1, 0.15) is 24.1 Å². The average Bonchev–Trinajstić information content (AvgIpc) is 2.62. The zero-order chi connectivity index (χ0) is 14.0. The van der Waals surface area contributed by atoms with Crippen LogP contribution in [-0.2, 0) is 9.84 Å². The van der Waals surface area contributed by atoms with Crippen molar-refractivity contribution >= 4 is 9.84 Å². The van der Waals surface area contributed by atoms with Gasteiger partial charge in [0, 0.05) is 12.1 Å². The molecule has 1 heterocycles. The molecular weight excluding hydrogens is 264 g/mol. The SMILES string of the molecule is CC(NC1CS(=O)(=O)CC1O)c1ccc(C#N)cc1. The highest BCUT2D eigenvalue weighted by atomic mass is 32.2. The van der Waals surface area contributed by atoms with Gasteiger partial charge in [0.2, 0.25) is 0 Å². The van der Waals surface area contributed by atoms with E-state index in [1.54, 1.807) is 12.1 Å². The molecule has 1 aliphatic heterocycles. The van der Waals surface area contributed by atoms with Gasteiger partial charge in [-0.25, -0.2) is 8.42 Å². The Kier molecular flexibility index (Phi) is 3.90. The first-order chi connectivity index (χ1) is 8.91. The molecule has 0 saturated carbocycles. The summed E-state index contributed by atoms with van der Waals surface area (Å²) in [5.41, 5.74) is 1.54. The first kappa shape index (κ1) is 14.0. The van der Waals surface area contributed by atoms with Gasteiger partial charge in [0.25, 0.3) is 0 Å². The lowest BCUT2D eigenvalue weighted by molar-refractivity contribution is 0.160. The van der Waals surface area contributed by atoms with Crippen LogP contribution >= 0.6 is 0 Å². The molecule has 3 unspecified atom stereocenters. The predicted octanol–water partition coefficient (Wildman–Crippen LogP) is 0.367. The molecule has 3 atom stereocenters. The molecule has 1 aromatic carbocycles. The van der Waals surface area contributed by atoms with Crippen molar-refractivity contribution in [1.82, 2.24) is 5.32 Å². The Morgan fingerprint density at radius 2 is 2.00 bits per heavy atom. The van der Waals surface area contributed by atoms with Crippen molar-refractivity contribution in [2.45, 2.75) is 25.1 Å². The summed E-state index contributed by atoms with van der Waals surface area (Å²) in [4.78, 5) is 0. The van der Waals surface area contributed by atoms with E-state index < -0.39 is 22.0 Å². The molecule has 1 aromatic rings.